The quantitative estimate of drug-likeness (QED) is 0.274. The van der Waals surface area contributed by atoms with E-state index in [-0.39, 0.29) is 12.0 Å². The molecule has 32 heavy (non-hydrogen) atoms. The van der Waals surface area contributed by atoms with Gasteiger partial charge in [-0.15, -0.1) is 9.42 Å². The molecule has 0 radical (unpaired) electrons. The minimum Gasteiger partial charge on any atom is -0.460 e. The van der Waals surface area contributed by atoms with Crippen molar-refractivity contribution in [1.29, 1.82) is 0 Å². The maximum atomic E-state index is 12.2. The summed E-state index contributed by atoms with van der Waals surface area (Å²) in [5, 5.41) is 1.50. The number of halogens is 3. The Morgan fingerprint density at radius 1 is 1.44 bits per heavy atom. The average Bonchev–Trinajstić information content (AvgIpc) is 3.05. The van der Waals surface area contributed by atoms with E-state index in [2.05, 4.69) is 16.4 Å². The van der Waals surface area contributed by atoms with Gasteiger partial charge in [-0.25, -0.2) is 4.79 Å². The molecule has 174 valence electrons. The zero-order valence-electron chi connectivity index (χ0n) is 16.2. The van der Waals surface area contributed by atoms with Crippen molar-refractivity contribution in [2.45, 2.75) is 38.0 Å². The van der Waals surface area contributed by atoms with Crippen LogP contribution in [0, 0.1) is 11.8 Å². The molecular weight excluding hydrogens is 466 g/mol. The first-order valence-electron chi connectivity index (χ1n) is 8.69. The van der Waals surface area contributed by atoms with Crippen molar-refractivity contribution in [3.63, 3.8) is 0 Å². The maximum absolute atomic E-state index is 12.2. The Labute approximate surface area is 177 Å². The number of nitrogens with one attached hydrogen (secondary N) is 2. The Kier molecular flexibility index (Phi) is 8.28. The smallest absolute Gasteiger partial charge is 0.460 e. The third kappa shape index (κ3) is 6.99. The first-order chi connectivity index (χ1) is 14.9. The molecule has 2 heterocycles. The van der Waals surface area contributed by atoms with E-state index in [1.165, 1.54) is 5.32 Å². The topological polar surface area (TPSA) is 166 Å². The zero-order valence-corrected chi connectivity index (χ0v) is 17.1. The largest absolute Gasteiger partial charge is 0.694 e. The predicted octanol–water partition coefficient (Wildman–Crippen LogP) is -0.548. The molecule has 1 unspecified atom stereocenters. The highest BCUT2D eigenvalue weighted by Gasteiger charge is 2.41. The highest BCUT2D eigenvalue weighted by molar-refractivity contribution is 7.32. The van der Waals surface area contributed by atoms with E-state index in [0.717, 1.165) is 17.7 Å². The Morgan fingerprint density at radius 3 is 2.72 bits per heavy atom. The van der Waals surface area contributed by atoms with Gasteiger partial charge in [0.15, 0.2) is 0 Å². The number of rotatable bonds is 6. The summed E-state index contributed by atoms with van der Waals surface area (Å²) in [4.78, 5) is 56.9. The monoisotopic (exact) mass is 482 g/mol. The molecule has 1 amide bonds. The lowest BCUT2D eigenvalue weighted by molar-refractivity contribution is -0.173. The average molecular weight is 482 g/mol. The van der Waals surface area contributed by atoms with E-state index in [9.17, 15) is 36.9 Å². The van der Waals surface area contributed by atoms with Crippen LogP contribution in [0.25, 0.3) is 0 Å². The summed E-state index contributed by atoms with van der Waals surface area (Å²) < 4.78 is 63.3. The van der Waals surface area contributed by atoms with Crippen LogP contribution in [-0.4, -0.2) is 57.9 Å². The molecule has 16 heteroatoms. The molecule has 2 rings (SSSR count). The minimum absolute atomic E-state index is 0.0870. The van der Waals surface area contributed by atoms with E-state index in [1.54, 1.807) is 0 Å². The Hall–Kier alpha value is -3.05. The Bertz CT molecular complexity index is 1070. The van der Waals surface area contributed by atoms with Crippen LogP contribution in [0.2, 0.25) is 0 Å². The number of ether oxygens (including phenoxy) is 2. The van der Waals surface area contributed by atoms with Gasteiger partial charge in [-0.05, 0) is 0 Å². The van der Waals surface area contributed by atoms with Crippen molar-refractivity contribution in [1.82, 2.24) is 14.9 Å². The highest BCUT2D eigenvalue weighted by atomic mass is 31.1. The molecular formula is C16H16F3N3O9P+. The number of aromatic amines is 1. The zero-order chi connectivity index (χ0) is 24.1. The Morgan fingerprint density at radius 2 is 2.12 bits per heavy atom. The number of hydrogen-bond acceptors (Lipinski definition) is 8. The molecule has 0 saturated carbocycles. The summed E-state index contributed by atoms with van der Waals surface area (Å²) in [6, 6.07) is 0. The molecule has 0 spiro atoms. The van der Waals surface area contributed by atoms with Gasteiger partial charge in [-0.2, -0.15) is 13.2 Å². The number of esters is 1. The molecule has 12 nitrogen and oxygen atoms in total. The van der Waals surface area contributed by atoms with Gasteiger partial charge in [-0.3, -0.25) is 23.9 Å². The van der Waals surface area contributed by atoms with Crippen LogP contribution in [0.3, 0.4) is 0 Å². The van der Waals surface area contributed by atoms with Crippen molar-refractivity contribution >= 4 is 20.1 Å². The van der Waals surface area contributed by atoms with E-state index >= 15 is 0 Å². The number of H-pyrrole nitrogens is 1. The van der Waals surface area contributed by atoms with Gasteiger partial charge in [0.05, 0.1) is 6.54 Å². The van der Waals surface area contributed by atoms with Crippen LogP contribution in [0.1, 0.15) is 25.1 Å². The van der Waals surface area contributed by atoms with Gasteiger partial charge in [0.2, 0.25) is 0 Å². The van der Waals surface area contributed by atoms with Crippen LogP contribution in [0.5, 0.6) is 0 Å². The SMILES string of the molecule is CC(=O)O[C@@H]1C[C@H](n2cc(C#CCNC(=O)C(F)(F)F)c(=O)[nH]c2=O)O[C@@H]1CO[P+](=O)O. The van der Waals surface area contributed by atoms with Crippen molar-refractivity contribution in [2.75, 3.05) is 13.2 Å². The fourth-order valence-corrected chi connectivity index (χ4v) is 2.92. The van der Waals surface area contributed by atoms with Gasteiger partial charge in [-0.1, -0.05) is 11.8 Å². The number of amides is 1. The second-order valence-corrected chi connectivity index (χ2v) is 6.97. The first kappa shape index (κ1) is 25.2. The van der Waals surface area contributed by atoms with Crippen molar-refractivity contribution < 1.29 is 46.2 Å². The van der Waals surface area contributed by atoms with E-state index in [4.69, 9.17) is 14.4 Å². The number of hydrogen-bond donors (Lipinski definition) is 3. The van der Waals surface area contributed by atoms with Gasteiger partial charge in [0.1, 0.15) is 30.6 Å². The van der Waals surface area contributed by atoms with Gasteiger partial charge in [0.25, 0.3) is 5.56 Å². The highest BCUT2D eigenvalue weighted by Crippen LogP contribution is 2.31. The second kappa shape index (κ2) is 10.5. The van der Waals surface area contributed by atoms with Crippen molar-refractivity contribution in [2.24, 2.45) is 0 Å². The van der Waals surface area contributed by atoms with Crippen LogP contribution in [0.4, 0.5) is 13.2 Å². The van der Waals surface area contributed by atoms with E-state index in [0.29, 0.717) is 0 Å². The summed E-state index contributed by atoms with van der Waals surface area (Å²) >= 11 is 0. The van der Waals surface area contributed by atoms with Gasteiger partial charge >= 0.3 is 32.0 Å². The van der Waals surface area contributed by atoms with Crippen LogP contribution < -0.4 is 16.6 Å². The summed E-state index contributed by atoms with van der Waals surface area (Å²) in [5.74, 6) is 1.49. The summed E-state index contributed by atoms with van der Waals surface area (Å²) in [7, 11) is -2.97. The lowest BCUT2D eigenvalue weighted by Gasteiger charge is -2.15. The fourth-order valence-electron chi connectivity index (χ4n) is 2.65. The first-order valence-corrected chi connectivity index (χ1v) is 9.82. The maximum Gasteiger partial charge on any atom is 0.694 e. The number of aromatic nitrogens is 2. The number of carbonyl (C=O) groups is 2. The van der Waals surface area contributed by atoms with Gasteiger partial charge in [0, 0.05) is 24.1 Å². The molecule has 3 N–H and O–H groups in total. The lowest BCUT2D eigenvalue weighted by Crippen LogP contribution is -2.37. The lowest BCUT2D eigenvalue weighted by atomic mass is 10.2. The van der Waals surface area contributed by atoms with Crippen molar-refractivity contribution in [3.8, 4) is 11.8 Å². The summed E-state index contributed by atoms with van der Waals surface area (Å²) in [6.07, 6.45) is -7.26. The van der Waals surface area contributed by atoms with E-state index in [1.807, 2.05) is 4.98 Å². The van der Waals surface area contributed by atoms with Gasteiger partial charge < -0.3 is 14.8 Å². The second-order valence-electron chi connectivity index (χ2n) is 6.24. The molecule has 0 bridgehead atoms. The van der Waals surface area contributed by atoms with E-state index < -0.39 is 69.1 Å². The molecule has 0 aromatic carbocycles. The molecule has 1 aliphatic rings. The molecule has 4 atom stereocenters. The predicted molar refractivity (Wildman–Crippen MR) is 97.1 cm³/mol. The number of carbonyl (C=O) groups excluding carboxylic acids is 2. The van der Waals surface area contributed by atoms with Crippen molar-refractivity contribution in [3.05, 3.63) is 32.6 Å². The summed E-state index contributed by atoms with van der Waals surface area (Å²) in [5.41, 5.74) is -2.18. The molecule has 1 aliphatic heterocycles. The Balaban J connectivity index is 2.21. The fraction of sp³-hybridized carbons (Fsp3) is 0.500. The standard InChI is InChI=1S/C16H15F3N3O9P/c1-8(23)30-10-5-12(31-11(10)7-29-32(27)28)22-6-9(13(24)21-15(22)26)3-2-4-20-14(25)16(17,18)19/h6,10-12H,4-5,7H2,1H3,(H2-,20,21,24,25,26,27,28)/p+1/t10-,11-,12-/m1/s1. The number of nitrogens with zero attached hydrogens (tertiary/aromatic N) is 1. The molecule has 1 saturated heterocycles. The summed E-state index contributed by atoms with van der Waals surface area (Å²) in [6.45, 7) is -0.0386. The molecule has 1 aromatic heterocycles. The molecule has 1 fully saturated rings. The third-order valence-corrected chi connectivity index (χ3v) is 4.31. The molecule has 0 aliphatic carbocycles. The van der Waals surface area contributed by atoms with Crippen LogP contribution in [0.15, 0.2) is 15.8 Å². The van der Waals surface area contributed by atoms with Crippen LogP contribution >= 0.6 is 8.25 Å². The molecule has 1 aromatic rings. The van der Waals surface area contributed by atoms with Crippen LogP contribution in [-0.2, 0) is 28.2 Å². The number of alkyl halides is 3. The normalized spacial score (nSPS) is 20.8. The third-order valence-electron chi connectivity index (χ3n) is 3.94. The minimum atomic E-state index is -5.09.